The number of aryl methyl sites for hydroxylation is 1. The van der Waals surface area contributed by atoms with Crippen molar-refractivity contribution in [1.82, 2.24) is 4.73 Å². The first-order chi connectivity index (χ1) is 16.6. The van der Waals surface area contributed by atoms with Gasteiger partial charge in [0.2, 0.25) is 0 Å². The standard InChI is InChI=1S/C28H21N3O3/c1-18-4-6-20(7-5-18)28-27(24(12-13-32)19-8-10-23(33-2)11-9-19)25-14-21(16-29)22(17-30)15-26(25)31(28)34-3/h4-12,14-15,24H,1-3H3. The van der Waals surface area contributed by atoms with Gasteiger partial charge in [-0.25, -0.2) is 4.79 Å². The lowest BCUT2D eigenvalue weighted by Gasteiger charge is -2.17. The van der Waals surface area contributed by atoms with Gasteiger partial charge >= 0.3 is 0 Å². The topological polar surface area (TPSA) is 88.0 Å². The molecule has 0 N–H and O–H groups in total. The van der Waals surface area contributed by atoms with Crippen molar-refractivity contribution in [3.8, 4) is 29.1 Å². The molecule has 0 spiro atoms. The van der Waals surface area contributed by atoms with Gasteiger partial charge in [-0.1, -0.05) is 42.0 Å². The van der Waals surface area contributed by atoms with E-state index in [4.69, 9.17) is 9.57 Å². The lowest BCUT2D eigenvalue weighted by atomic mass is 9.87. The first-order valence-corrected chi connectivity index (χ1v) is 10.5. The van der Waals surface area contributed by atoms with Crippen molar-refractivity contribution in [3.05, 3.63) is 94.6 Å². The summed E-state index contributed by atoms with van der Waals surface area (Å²) in [6.07, 6.45) is 1.46. The van der Waals surface area contributed by atoms with E-state index in [1.54, 1.807) is 31.1 Å². The van der Waals surface area contributed by atoms with Crippen LogP contribution in [0.5, 0.6) is 5.75 Å². The molecular weight excluding hydrogens is 426 g/mol. The Balaban J connectivity index is 2.15. The van der Waals surface area contributed by atoms with Gasteiger partial charge in [-0.3, -0.25) is 0 Å². The molecule has 0 amide bonds. The number of hydrogen-bond acceptors (Lipinski definition) is 5. The number of carbonyl (C=O) groups excluding carboxylic acids is 1. The third-order valence-electron chi connectivity index (χ3n) is 5.87. The van der Waals surface area contributed by atoms with Crippen LogP contribution in [0.4, 0.5) is 0 Å². The molecule has 1 unspecified atom stereocenters. The maximum absolute atomic E-state index is 11.7. The Bertz CT molecular complexity index is 1490. The molecule has 1 atom stereocenters. The van der Waals surface area contributed by atoms with Crippen molar-refractivity contribution in [2.75, 3.05) is 14.2 Å². The zero-order valence-corrected chi connectivity index (χ0v) is 19.0. The number of hydrogen-bond donors (Lipinski definition) is 0. The zero-order chi connectivity index (χ0) is 24.2. The monoisotopic (exact) mass is 447 g/mol. The molecule has 0 aliphatic rings. The van der Waals surface area contributed by atoms with Gasteiger partial charge in [0.1, 0.15) is 30.9 Å². The Morgan fingerprint density at radius 3 is 2.15 bits per heavy atom. The van der Waals surface area contributed by atoms with Crippen LogP contribution in [0.15, 0.2) is 66.7 Å². The first-order valence-electron chi connectivity index (χ1n) is 10.5. The Morgan fingerprint density at radius 2 is 1.59 bits per heavy atom. The fraction of sp³-hybridized carbons (Fsp3) is 0.143. The summed E-state index contributed by atoms with van der Waals surface area (Å²) in [6.45, 7) is 2.00. The minimum atomic E-state index is -0.488. The molecule has 0 fully saturated rings. The second-order valence-electron chi connectivity index (χ2n) is 7.78. The van der Waals surface area contributed by atoms with E-state index >= 15 is 0 Å². The van der Waals surface area contributed by atoms with Crippen LogP contribution in [-0.4, -0.2) is 24.9 Å². The van der Waals surface area contributed by atoms with Crippen LogP contribution in [0.1, 0.15) is 33.7 Å². The second-order valence-corrected chi connectivity index (χ2v) is 7.78. The molecule has 0 radical (unpaired) electrons. The van der Waals surface area contributed by atoms with Crippen LogP contribution in [-0.2, 0) is 4.79 Å². The largest absolute Gasteiger partial charge is 0.497 e. The van der Waals surface area contributed by atoms with Gasteiger partial charge in [-0.2, -0.15) is 15.3 Å². The maximum Gasteiger partial charge on any atom is 0.121 e. The molecule has 166 valence electrons. The highest BCUT2D eigenvalue weighted by molar-refractivity contribution is 5.95. The summed E-state index contributed by atoms with van der Waals surface area (Å²) in [5.74, 6) is 2.16. The van der Waals surface area contributed by atoms with E-state index in [9.17, 15) is 15.3 Å². The SMILES string of the molecule is COc1ccc(C(C=C=O)c2c(-c3ccc(C)cc3)n(OC)c3cc(C#N)c(C#N)cc23)cc1. The van der Waals surface area contributed by atoms with Gasteiger partial charge in [0, 0.05) is 28.5 Å². The lowest BCUT2D eigenvalue weighted by Crippen LogP contribution is -2.09. The van der Waals surface area contributed by atoms with Crippen molar-refractivity contribution in [1.29, 1.82) is 10.5 Å². The highest BCUT2D eigenvalue weighted by Gasteiger charge is 2.27. The summed E-state index contributed by atoms with van der Waals surface area (Å²) >= 11 is 0. The molecule has 6 nitrogen and oxygen atoms in total. The molecule has 0 saturated carbocycles. The number of ether oxygens (including phenoxy) is 1. The Kier molecular flexibility index (Phi) is 6.19. The van der Waals surface area contributed by atoms with Crippen molar-refractivity contribution in [3.63, 3.8) is 0 Å². The van der Waals surface area contributed by atoms with E-state index in [0.29, 0.717) is 16.7 Å². The molecule has 6 heteroatoms. The van der Waals surface area contributed by atoms with E-state index in [-0.39, 0.29) is 11.1 Å². The van der Waals surface area contributed by atoms with Crippen LogP contribution >= 0.6 is 0 Å². The number of nitrogens with zero attached hydrogens (tertiary/aromatic N) is 3. The van der Waals surface area contributed by atoms with Gasteiger partial charge < -0.3 is 9.57 Å². The number of methoxy groups -OCH3 is 1. The lowest BCUT2D eigenvalue weighted by molar-refractivity contribution is 0.183. The molecule has 4 aromatic rings. The van der Waals surface area contributed by atoms with Gasteiger partial charge in [0.25, 0.3) is 0 Å². The van der Waals surface area contributed by atoms with E-state index in [1.165, 1.54) is 6.08 Å². The van der Waals surface area contributed by atoms with Crippen molar-refractivity contribution in [2.45, 2.75) is 12.8 Å². The summed E-state index contributed by atoms with van der Waals surface area (Å²) in [7, 11) is 3.14. The smallest absolute Gasteiger partial charge is 0.121 e. The molecular formula is C28H21N3O3. The van der Waals surface area contributed by atoms with Crippen LogP contribution in [0.2, 0.25) is 0 Å². The van der Waals surface area contributed by atoms with Crippen molar-refractivity contribution < 1.29 is 14.4 Å². The highest BCUT2D eigenvalue weighted by atomic mass is 16.6. The molecule has 4 rings (SSSR count). The molecule has 34 heavy (non-hydrogen) atoms. The summed E-state index contributed by atoms with van der Waals surface area (Å²) < 4.78 is 6.93. The summed E-state index contributed by atoms with van der Waals surface area (Å²) in [5, 5.41) is 20.0. The Hall–Kier alpha value is -4.77. The number of allylic oxidation sites excluding steroid dienone is 1. The predicted molar refractivity (Wildman–Crippen MR) is 129 cm³/mol. The number of nitriles is 2. The zero-order valence-electron chi connectivity index (χ0n) is 19.0. The van der Waals surface area contributed by atoms with Crippen LogP contribution in [0.3, 0.4) is 0 Å². The predicted octanol–water partition coefficient (Wildman–Crippen LogP) is 4.95. The van der Waals surface area contributed by atoms with Gasteiger partial charge in [0.15, 0.2) is 0 Å². The molecule has 3 aromatic carbocycles. The summed E-state index contributed by atoms with van der Waals surface area (Å²) in [6, 6.07) is 22.9. The van der Waals surface area contributed by atoms with E-state index in [1.807, 2.05) is 61.4 Å². The number of aromatic nitrogens is 1. The number of fused-ring (bicyclic) bond motifs is 1. The van der Waals surface area contributed by atoms with Crippen LogP contribution < -0.4 is 9.57 Å². The van der Waals surface area contributed by atoms with Crippen molar-refractivity contribution in [2.24, 2.45) is 0 Å². The minimum absolute atomic E-state index is 0.250. The van der Waals surface area contributed by atoms with Gasteiger partial charge in [0.05, 0.1) is 29.4 Å². The fourth-order valence-electron chi connectivity index (χ4n) is 4.23. The van der Waals surface area contributed by atoms with Gasteiger partial charge in [-0.05, 0) is 36.8 Å². The Morgan fingerprint density at radius 1 is 0.941 bits per heavy atom. The van der Waals surface area contributed by atoms with Crippen LogP contribution in [0, 0.1) is 29.6 Å². The van der Waals surface area contributed by atoms with Crippen molar-refractivity contribution >= 4 is 16.8 Å². The number of rotatable bonds is 6. The molecule has 0 saturated heterocycles. The molecule has 1 aromatic heterocycles. The fourth-order valence-corrected chi connectivity index (χ4v) is 4.23. The van der Waals surface area contributed by atoms with E-state index in [0.717, 1.165) is 27.9 Å². The second kappa shape index (κ2) is 9.38. The highest BCUT2D eigenvalue weighted by Crippen LogP contribution is 2.42. The average Bonchev–Trinajstić information content (AvgIpc) is 3.19. The van der Waals surface area contributed by atoms with Crippen LogP contribution in [0.25, 0.3) is 22.2 Å². The summed E-state index contributed by atoms with van der Waals surface area (Å²) in [4.78, 5) is 17.5. The molecule has 1 heterocycles. The molecule has 0 bridgehead atoms. The third-order valence-corrected chi connectivity index (χ3v) is 5.87. The normalized spacial score (nSPS) is 11.2. The number of benzene rings is 3. The first kappa shape index (κ1) is 22.4. The average molecular weight is 447 g/mol. The molecule has 0 aliphatic heterocycles. The van der Waals surface area contributed by atoms with E-state index in [2.05, 4.69) is 12.1 Å². The van der Waals surface area contributed by atoms with E-state index < -0.39 is 5.92 Å². The minimum Gasteiger partial charge on any atom is -0.497 e. The Labute approximate surface area is 197 Å². The van der Waals surface area contributed by atoms with Gasteiger partial charge in [-0.15, -0.1) is 0 Å². The quantitative estimate of drug-likeness (QED) is 0.390. The maximum atomic E-state index is 11.7. The molecule has 0 aliphatic carbocycles. The summed E-state index contributed by atoms with van der Waals surface area (Å²) in [5.41, 5.74) is 5.44. The third kappa shape index (κ3) is 3.80.